The molecule has 68 valence electrons. The van der Waals surface area contributed by atoms with Gasteiger partial charge >= 0.3 is 0 Å². The fraction of sp³-hybridized carbons (Fsp3) is 0.750. The van der Waals surface area contributed by atoms with Gasteiger partial charge in [0.25, 0.3) is 0 Å². The highest BCUT2D eigenvalue weighted by atomic mass is 16.7. The van der Waals surface area contributed by atoms with Gasteiger partial charge in [0.15, 0.2) is 6.10 Å². The lowest BCUT2D eigenvalue weighted by Gasteiger charge is -2.16. The van der Waals surface area contributed by atoms with Gasteiger partial charge in [-0.1, -0.05) is 0 Å². The fourth-order valence-electron chi connectivity index (χ4n) is 1.45. The molecule has 4 nitrogen and oxygen atoms in total. The molecule has 2 aliphatic rings. The molecule has 1 unspecified atom stereocenters. The van der Waals surface area contributed by atoms with Gasteiger partial charge in [-0.15, -0.1) is 0 Å². The normalized spacial score (nSPS) is 38.2. The van der Waals surface area contributed by atoms with Crippen molar-refractivity contribution < 1.29 is 18.9 Å². The summed E-state index contributed by atoms with van der Waals surface area (Å²) in [5.74, 6) is 0. The second-order valence-corrected chi connectivity index (χ2v) is 2.84. The summed E-state index contributed by atoms with van der Waals surface area (Å²) in [6, 6.07) is 0. The van der Waals surface area contributed by atoms with Crippen molar-refractivity contribution in [2.24, 2.45) is 0 Å². The lowest BCUT2D eigenvalue weighted by atomic mass is 10.2. The quantitative estimate of drug-likeness (QED) is 0.573. The Kier molecular flexibility index (Phi) is 2.30. The predicted molar refractivity (Wildman–Crippen MR) is 40.5 cm³/mol. The average Bonchev–Trinajstić information content (AvgIpc) is 2.62. The maximum absolute atomic E-state index is 5.39. The first-order chi connectivity index (χ1) is 5.92. The van der Waals surface area contributed by atoms with Crippen LogP contribution in [0, 0.1) is 0 Å². The molecule has 0 radical (unpaired) electrons. The van der Waals surface area contributed by atoms with Crippen LogP contribution in [-0.4, -0.2) is 38.8 Å². The van der Waals surface area contributed by atoms with Crippen molar-refractivity contribution in [2.45, 2.75) is 18.3 Å². The summed E-state index contributed by atoms with van der Waals surface area (Å²) in [4.78, 5) is 0. The van der Waals surface area contributed by atoms with Crippen LogP contribution < -0.4 is 0 Å². The molecule has 3 atom stereocenters. The lowest BCUT2D eigenvalue weighted by molar-refractivity contribution is -0.0980. The van der Waals surface area contributed by atoms with Crippen LogP contribution in [0.4, 0.5) is 0 Å². The van der Waals surface area contributed by atoms with Gasteiger partial charge in [-0.25, -0.2) is 0 Å². The van der Waals surface area contributed by atoms with E-state index in [1.165, 1.54) is 0 Å². The van der Waals surface area contributed by atoms with Crippen LogP contribution in [0.2, 0.25) is 0 Å². The Morgan fingerprint density at radius 2 is 2.50 bits per heavy atom. The molecule has 0 aliphatic carbocycles. The van der Waals surface area contributed by atoms with Gasteiger partial charge < -0.3 is 18.9 Å². The minimum absolute atomic E-state index is 0.00458. The van der Waals surface area contributed by atoms with Gasteiger partial charge in [-0.05, 0) is 6.08 Å². The summed E-state index contributed by atoms with van der Waals surface area (Å²) in [7, 11) is 1.60. The largest absolute Gasteiger partial charge is 0.492 e. The first-order valence-electron chi connectivity index (χ1n) is 3.96. The zero-order valence-electron chi connectivity index (χ0n) is 6.93. The molecule has 0 amide bonds. The molecule has 0 bridgehead atoms. The van der Waals surface area contributed by atoms with Gasteiger partial charge in [0.2, 0.25) is 0 Å². The van der Waals surface area contributed by atoms with Crippen molar-refractivity contribution in [3.8, 4) is 0 Å². The molecular weight excluding hydrogens is 160 g/mol. The highest BCUT2D eigenvalue weighted by molar-refractivity contribution is 5.03. The maximum atomic E-state index is 5.39. The Morgan fingerprint density at radius 3 is 3.33 bits per heavy atom. The Balaban J connectivity index is 1.85. The number of methoxy groups -OCH3 is 1. The summed E-state index contributed by atoms with van der Waals surface area (Å²) in [6.07, 6.45) is 3.68. The number of hydrogen-bond acceptors (Lipinski definition) is 4. The van der Waals surface area contributed by atoms with E-state index in [4.69, 9.17) is 18.9 Å². The van der Waals surface area contributed by atoms with E-state index in [0.29, 0.717) is 13.4 Å². The van der Waals surface area contributed by atoms with Crippen molar-refractivity contribution in [3.05, 3.63) is 12.3 Å². The summed E-state index contributed by atoms with van der Waals surface area (Å²) in [5.41, 5.74) is 0. The third-order valence-electron chi connectivity index (χ3n) is 2.05. The third-order valence-corrected chi connectivity index (χ3v) is 2.05. The number of hydrogen-bond donors (Lipinski definition) is 0. The molecule has 0 aromatic heterocycles. The zero-order valence-corrected chi connectivity index (χ0v) is 6.93. The second-order valence-electron chi connectivity index (χ2n) is 2.84. The van der Waals surface area contributed by atoms with E-state index >= 15 is 0 Å². The highest BCUT2D eigenvalue weighted by Crippen LogP contribution is 2.25. The van der Waals surface area contributed by atoms with E-state index in [-0.39, 0.29) is 18.3 Å². The molecule has 1 fully saturated rings. The van der Waals surface area contributed by atoms with Crippen LogP contribution in [0.15, 0.2) is 12.3 Å². The molecule has 0 saturated carbocycles. The molecule has 12 heavy (non-hydrogen) atoms. The molecule has 0 spiro atoms. The van der Waals surface area contributed by atoms with E-state index in [2.05, 4.69) is 0 Å². The Morgan fingerprint density at radius 1 is 1.58 bits per heavy atom. The maximum Gasteiger partial charge on any atom is 0.156 e. The fourth-order valence-corrected chi connectivity index (χ4v) is 1.45. The minimum Gasteiger partial charge on any atom is -0.492 e. The standard InChI is InChI=1S/C8H12O4/c1-9-5-12-7-4-11-6-2-3-10-8(6)7/h2-3,6-8H,4-5H2,1H3/t6-,7?,8+/m1/s1. The smallest absolute Gasteiger partial charge is 0.156 e. The average molecular weight is 172 g/mol. The first kappa shape index (κ1) is 8.04. The molecule has 0 aromatic rings. The van der Waals surface area contributed by atoms with Crippen LogP contribution in [0.1, 0.15) is 0 Å². The number of ether oxygens (including phenoxy) is 4. The third kappa shape index (κ3) is 1.33. The highest BCUT2D eigenvalue weighted by Gasteiger charge is 2.40. The summed E-state index contributed by atoms with van der Waals surface area (Å²) in [6.45, 7) is 0.879. The van der Waals surface area contributed by atoms with Crippen LogP contribution in [0.25, 0.3) is 0 Å². The monoisotopic (exact) mass is 172 g/mol. The van der Waals surface area contributed by atoms with Crippen LogP contribution in [-0.2, 0) is 18.9 Å². The van der Waals surface area contributed by atoms with Gasteiger partial charge in [-0.2, -0.15) is 0 Å². The van der Waals surface area contributed by atoms with Crippen molar-refractivity contribution >= 4 is 0 Å². The molecular formula is C8H12O4. The first-order valence-corrected chi connectivity index (χ1v) is 3.96. The molecule has 2 rings (SSSR count). The zero-order chi connectivity index (χ0) is 8.39. The summed E-state index contributed by atoms with van der Waals surface area (Å²) in [5, 5.41) is 0. The Labute approximate surface area is 71.0 Å². The van der Waals surface area contributed by atoms with E-state index < -0.39 is 0 Å². The molecule has 1 saturated heterocycles. The van der Waals surface area contributed by atoms with E-state index in [9.17, 15) is 0 Å². The van der Waals surface area contributed by atoms with E-state index in [0.717, 1.165) is 0 Å². The van der Waals surface area contributed by atoms with Crippen LogP contribution in [0.5, 0.6) is 0 Å². The molecule has 0 aromatic carbocycles. The van der Waals surface area contributed by atoms with Crippen molar-refractivity contribution in [3.63, 3.8) is 0 Å². The van der Waals surface area contributed by atoms with E-state index in [1.54, 1.807) is 13.4 Å². The second kappa shape index (κ2) is 3.43. The molecule has 2 heterocycles. The topological polar surface area (TPSA) is 36.9 Å². The number of fused-ring (bicyclic) bond motifs is 1. The van der Waals surface area contributed by atoms with Gasteiger partial charge in [0.1, 0.15) is 19.0 Å². The Hall–Kier alpha value is -0.580. The SMILES string of the molecule is COCOC1CO[C@@H]2C=CO[C@H]12. The Bertz CT molecular complexity index is 180. The summed E-state index contributed by atoms with van der Waals surface area (Å²) >= 11 is 0. The molecule has 2 aliphatic heterocycles. The van der Waals surface area contributed by atoms with E-state index in [1.807, 2.05) is 6.08 Å². The molecule has 4 heteroatoms. The lowest BCUT2D eigenvalue weighted by Crippen LogP contribution is -2.30. The van der Waals surface area contributed by atoms with Crippen molar-refractivity contribution in [2.75, 3.05) is 20.5 Å². The molecule has 0 N–H and O–H groups in total. The summed E-state index contributed by atoms with van der Waals surface area (Å²) < 4.78 is 20.8. The minimum atomic E-state index is 0.00458. The van der Waals surface area contributed by atoms with Crippen LogP contribution in [0.3, 0.4) is 0 Å². The van der Waals surface area contributed by atoms with Crippen molar-refractivity contribution in [1.29, 1.82) is 0 Å². The van der Waals surface area contributed by atoms with Crippen LogP contribution >= 0.6 is 0 Å². The van der Waals surface area contributed by atoms with Crippen molar-refractivity contribution in [1.82, 2.24) is 0 Å². The van der Waals surface area contributed by atoms with Gasteiger partial charge in [0.05, 0.1) is 12.9 Å². The van der Waals surface area contributed by atoms with Gasteiger partial charge in [-0.3, -0.25) is 0 Å². The predicted octanol–water partition coefficient (Wildman–Crippen LogP) is 0.287. The van der Waals surface area contributed by atoms with Gasteiger partial charge in [0, 0.05) is 7.11 Å². The number of rotatable bonds is 3.